The highest BCUT2D eigenvalue weighted by Gasteiger charge is 2.20. The third-order valence-electron chi connectivity index (χ3n) is 4.86. The molecule has 8 nitrogen and oxygen atoms in total. The largest absolute Gasteiger partial charge is 0.497 e. The first-order valence-corrected chi connectivity index (χ1v) is 11.2. The lowest BCUT2D eigenvalue weighted by Crippen LogP contribution is -2.18. The molecule has 1 amide bonds. The van der Waals surface area contributed by atoms with E-state index in [1.54, 1.807) is 56.8 Å². The predicted octanol–water partition coefficient (Wildman–Crippen LogP) is 3.43. The highest BCUT2D eigenvalue weighted by molar-refractivity contribution is 7.84. The maximum atomic E-state index is 13.2. The minimum absolute atomic E-state index is 0.142. The molecule has 0 radical (unpaired) electrons. The molecule has 0 spiro atoms. The van der Waals surface area contributed by atoms with Crippen molar-refractivity contribution < 1.29 is 18.5 Å². The number of hydrogen-bond donors (Lipinski definition) is 1. The molecule has 0 saturated carbocycles. The number of carbonyl (C=O) groups is 1. The van der Waals surface area contributed by atoms with Gasteiger partial charge >= 0.3 is 0 Å². The van der Waals surface area contributed by atoms with Gasteiger partial charge in [-0.15, -0.1) is 0 Å². The molecule has 0 aliphatic rings. The van der Waals surface area contributed by atoms with Crippen LogP contribution in [0.4, 0.5) is 11.5 Å². The lowest BCUT2D eigenvalue weighted by Gasteiger charge is -2.17. The van der Waals surface area contributed by atoms with Gasteiger partial charge in [-0.1, -0.05) is 6.07 Å². The summed E-state index contributed by atoms with van der Waals surface area (Å²) in [6.07, 6.45) is 3.16. The van der Waals surface area contributed by atoms with Crippen LogP contribution >= 0.6 is 0 Å². The summed E-state index contributed by atoms with van der Waals surface area (Å²) in [5.41, 5.74) is 2.44. The van der Waals surface area contributed by atoms with Crippen LogP contribution in [0, 0.1) is 6.92 Å². The second-order valence-corrected chi connectivity index (χ2v) is 8.55. The van der Waals surface area contributed by atoms with Gasteiger partial charge in [0.15, 0.2) is 0 Å². The molecule has 2 heterocycles. The lowest BCUT2D eigenvalue weighted by molar-refractivity contribution is 0.102. The molecule has 1 N–H and O–H groups in total. The summed E-state index contributed by atoms with van der Waals surface area (Å²) in [7, 11) is 5.30. The van der Waals surface area contributed by atoms with Gasteiger partial charge in [0.1, 0.15) is 22.3 Å². The maximum Gasteiger partial charge on any atom is 0.258 e. The summed E-state index contributed by atoms with van der Waals surface area (Å²) in [4.78, 5) is 23.5. The van der Waals surface area contributed by atoms with Crippen molar-refractivity contribution in [1.29, 1.82) is 0 Å². The molecule has 32 heavy (non-hydrogen) atoms. The summed E-state index contributed by atoms with van der Waals surface area (Å²) in [5.74, 6) is 1.71. The van der Waals surface area contributed by atoms with Crippen LogP contribution in [0.15, 0.2) is 53.8 Å². The SMILES string of the molecule is COc1ccc(CS(=O)c2ncccc2C(=O)Nc2ccnc(N(C)C)c2C)c(OC)c1. The van der Waals surface area contributed by atoms with E-state index >= 15 is 0 Å². The van der Waals surface area contributed by atoms with Crippen molar-refractivity contribution in [3.63, 3.8) is 0 Å². The summed E-state index contributed by atoms with van der Waals surface area (Å²) in [6, 6.07) is 10.3. The van der Waals surface area contributed by atoms with E-state index in [1.807, 2.05) is 25.9 Å². The Hall–Kier alpha value is -3.46. The van der Waals surface area contributed by atoms with Crippen LogP contribution in [0.25, 0.3) is 0 Å². The summed E-state index contributed by atoms with van der Waals surface area (Å²) >= 11 is 0. The molecule has 2 aromatic heterocycles. The first-order valence-electron chi connectivity index (χ1n) is 9.84. The van der Waals surface area contributed by atoms with Gasteiger partial charge in [0, 0.05) is 49.4 Å². The fraction of sp³-hybridized carbons (Fsp3) is 0.261. The molecule has 0 aliphatic carbocycles. The zero-order chi connectivity index (χ0) is 23.3. The standard InChI is InChI=1S/C23H26N4O4S/c1-15-19(10-12-24-21(15)27(2)3)26-22(28)18-7-6-11-25-23(18)32(29)14-16-8-9-17(30-4)13-20(16)31-5/h6-13H,14H2,1-5H3,(H,24,26,28). The Morgan fingerprint density at radius 1 is 1.09 bits per heavy atom. The van der Waals surface area contributed by atoms with Crippen molar-refractivity contribution in [3.8, 4) is 11.5 Å². The second kappa shape index (κ2) is 10.2. The molecule has 0 fully saturated rings. The quantitative estimate of drug-likeness (QED) is 0.557. The average molecular weight is 455 g/mol. The molecule has 1 atom stereocenters. The number of nitrogens with zero attached hydrogens (tertiary/aromatic N) is 3. The summed E-state index contributed by atoms with van der Waals surface area (Å²) < 4.78 is 23.8. The van der Waals surface area contributed by atoms with Crippen molar-refractivity contribution in [2.24, 2.45) is 0 Å². The van der Waals surface area contributed by atoms with Gasteiger partial charge in [0.05, 0.1) is 36.3 Å². The third kappa shape index (κ3) is 5.05. The third-order valence-corrected chi connectivity index (χ3v) is 6.19. The molecule has 0 bridgehead atoms. The van der Waals surface area contributed by atoms with Crippen LogP contribution in [-0.4, -0.2) is 48.4 Å². The smallest absolute Gasteiger partial charge is 0.258 e. The molecule has 0 saturated heterocycles. The highest BCUT2D eigenvalue weighted by atomic mass is 32.2. The van der Waals surface area contributed by atoms with Crippen molar-refractivity contribution in [2.75, 3.05) is 38.5 Å². The van der Waals surface area contributed by atoms with Crippen LogP contribution in [0.3, 0.4) is 0 Å². The maximum absolute atomic E-state index is 13.2. The van der Waals surface area contributed by atoms with Gasteiger partial charge in [-0.05, 0) is 31.2 Å². The Balaban J connectivity index is 1.87. The molecule has 3 aromatic rings. The zero-order valence-corrected chi connectivity index (χ0v) is 19.5. The lowest BCUT2D eigenvalue weighted by atomic mass is 10.2. The summed E-state index contributed by atoms with van der Waals surface area (Å²) in [5, 5.41) is 3.11. The molecule has 3 rings (SSSR count). The van der Waals surface area contributed by atoms with Gasteiger partial charge in [-0.3, -0.25) is 9.00 Å². The van der Waals surface area contributed by atoms with Gasteiger partial charge in [-0.2, -0.15) is 0 Å². The molecular weight excluding hydrogens is 428 g/mol. The van der Waals surface area contributed by atoms with E-state index in [0.29, 0.717) is 17.2 Å². The Morgan fingerprint density at radius 3 is 2.56 bits per heavy atom. The first-order chi connectivity index (χ1) is 15.3. The number of hydrogen-bond acceptors (Lipinski definition) is 7. The zero-order valence-electron chi connectivity index (χ0n) is 18.7. The van der Waals surface area contributed by atoms with Gasteiger partial charge in [-0.25, -0.2) is 9.97 Å². The average Bonchev–Trinajstić information content (AvgIpc) is 2.80. The minimum atomic E-state index is -1.58. The van der Waals surface area contributed by atoms with E-state index in [-0.39, 0.29) is 22.2 Å². The first kappa shape index (κ1) is 23.2. The number of methoxy groups -OCH3 is 2. The van der Waals surface area contributed by atoms with Crippen molar-refractivity contribution in [1.82, 2.24) is 9.97 Å². The van der Waals surface area contributed by atoms with Crippen molar-refractivity contribution in [2.45, 2.75) is 17.7 Å². The van der Waals surface area contributed by atoms with E-state index < -0.39 is 10.8 Å². The molecule has 1 aromatic carbocycles. The van der Waals surface area contributed by atoms with Gasteiger partial charge in [0.2, 0.25) is 0 Å². The van der Waals surface area contributed by atoms with Crippen LogP contribution in [0.5, 0.6) is 11.5 Å². The fourth-order valence-electron chi connectivity index (χ4n) is 3.23. The number of nitrogens with one attached hydrogen (secondary N) is 1. The number of anilines is 2. The van der Waals surface area contributed by atoms with Crippen LogP contribution in [0.2, 0.25) is 0 Å². The van der Waals surface area contributed by atoms with Crippen molar-refractivity contribution >= 4 is 28.2 Å². The molecule has 9 heteroatoms. The Bertz CT molecular complexity index is 1150. The second-order valence-electron chi connectivity index (χ2n) is 7.18. The fourth-order valence-corrected chi connectivity index (χ4v) is 4.47. The van der Waals surface area contributed by atoms with E-state index in [2.05, 4.69) is 15.3 Å². The van der Waals surface area contributed by atoms with Gasteiger partial charge < -0.3 is 19.7 Å². The van der Waals surface area contributed by atoms with Crippen LogP contribution in [-0.2, 0) is 16.6 Å². The molecule has 1 unspecified atom stereocenters. The monoisotopic (exact) mass is 454 g/mol. The Morgan fingerprint density at radius 2 is 1.88 bits per heavy atom. The predicted molar refractivity (Wildman–Crippen MR) is 125 cm³/mol. The number of benzene rings is 1. The number of rotatable bonds is 8. The van der Waals surface area contributed by atoms with Gasteiger partial charge in [0.25, 0.3) is 5.91 Å². The Kier molecular flexibility index (Phi) is 7.42. The normalized spacial score (nSPS) is 11.5. The van der Waals surface area contributed by atoms with E-state index in [1.165, 1.54) is 6.20 Å². The number of ether oxygens (including phenoxy) is 2. The molecule has 0 aliphatic heterocycles. The van der Waals surface area contributed by atoms with E-state index in [9.17, 15) is 9.00 Å². The minimum Gasteiger partial charge on any atom is -0.497 e. The number of aromatic nitrogens is 2. The van der Waals surface area contributed by atoms with Crippen molar-refractivity contribution in [3.05, 3.63) is 65.5 Å². The number of carbonyl (C=O) groups excluding carboxylic acids is 1. The Labute approximate surface area is 190 Å². The number of pyridine rings is 2. The van der Waals surface area contributed by atoms with E-state index in [4.69, 9.17) is 9.47 Å². The molecule has 168 valence electrons. The van der Waals surface area contributed by atoms with Crippen LogP contribution < -0.4 is 19.7 Å². The number of amides is 1. The summed E-state index contributed by atoms with van der Waals surface area (Å²) in [6.45, 7) is 1.89. The van der Waals surface area contributed by atoms with Crippen LogP contribution in [0.1, 0.15) is 21.5 Å². The molecular formula is C23H26N4O4S. The highest BCUT2D eigenvalue weighted by Crippen LogP contribution is 2.28. The topological polar surface area (TPSA) is 93.6 Å². The van der Waals surface area contributed by atoms with E-state index in [0.717, 1.165) is 16.9 Å².